The highest BCUT2D eigenvalue weighted by Crippen LogP contribution is 2.14. The Morgan fingerprint density at radius 1 is 1.13 bits per heavy atom. The minimum atomic E-state index is 0.542. The molecule has 2 rings (SSSR count). The van der Waals surface area contributed by atoms with E-state index in [1.54, 1.807) is 6.20 Å². The van der Waals surface area contributed by atoms with Crippen molar-refractivity contribution in [2.75, 3.05) is 6.54 Å². The molecule has 0 saturated heterocycles. The summed E-state index contributed by atoms with van der Waals surface area (Å²) in [5.74, 6) is 0.693. The second-order valence-corrected chi connectivity index (χ2v) is 3.16. The summed E-state index contributed by atoms with van der Waals surface area (Å²) in [7, 11) is 0. The molecular formula is C11H12N4. The average molecular weight is 200 g/mol. The van der Waals surface area contributed by atoms with E-state index in [9.17, 15) is 0 Å². The number of hydrogen-bond donors (Lipinski definition) is 1. The summed E-state index contributed by atoms with van der Waals surface area (Å²) in [5.41, 5.74) is 7.33. The van der Waals surface area contributed by atoms with Crippen LogP contribution in [0.3, 0.4) is 0 Å². The molecule has 0 saturated carbocycles. The SMILES string of the molecule is NCCc1nncc(-c2ccccc2)n1. The minimum Gasteiger partial charge on any atom is -0.330 e. The van der Waals surface area contributed by atoms with Crippen molar-refractivity contribution in [3.8, 4) is 11.3 Å². The molecule has 0 aliphatic rings. The van der Waals surface area contributed by atoms with Crippen molar-refractivity contribution in [1.29, 1.82) is 0 Å². The van der Waals surface area contributed by atoms with Gasteiger partial charge in [0.05, 0.1) is 11.9 Å². The number of aromatic nitrogens is 3. The van der Waals surface area contributed by atoms with E-state index in [-0.39, 0.29) is 0 Å². The predicted octanol–water partition coefficient (Wildman–Crippen LogP) is 1.04. The van der Waals surface area contributed by atoms with Gasteiger partial charge in [-0.1, -0.05) is 30.3 Å². The number of rotatable bonds is 3. The Bertz CT molecular complexity index is 428. The van der Waals surface area contributed by atoms with Gasteiger partial charge in [-0.15, -0.1) is 5.10 Å². The van der Waals surface area contributed by atoms with E-state index in [4.69, 9.17) is 5.73 Å². The third-order valence-corrected chi connectivity index (χ3v) is 2.04. The molecule has 15 heavy (non-hydrogen) atoms. The smallest absolute Gasteiger partial charge is 0.152 e. The van der Waals surface area contributed by atoms with E-state index in [0.29, 0.717) is 18.8 Å². The molecule has 2 aromatic rings. The lowest BCUT2D eigenvalue weighted by atomic mass is 10.2. The lowest BCUT2D eigenvalue weighted by molar-refractivity contribution is 0.812. The first-order valence-corrected chi connectivity index (χ1v) is 4.84. The van der Waals surface area contributed by atoms with E-state index < -0.39 is 0 Å². The molecule has 0 fully saturated rings. The van der Waals surface area contributed by atoms with Crippen LogP contribution in [0, 0.1) is 0 Å². The maximum absolute atomic E-state index is 5.44. The topological polar surface area (TPSA) is 64.7 Å². The van der Waals surface area contributed by atoms with Gasteiger partial charge in [-0.05, 0) is 6.54 Å². The van der Waals surface area contributed by atoms with Gasteiger partial charge in [-0.3, -0.25) is 0 Å². The van der Waals surface area contributed by atoms with Gasteiger partial charge in [0.2, 0.25) is 0 Å². The predicted molar refractivity (Wildman–Crippen MR) is 58.0 cm³/mol. The maximum Gasteiger partial charge on any atom is 0.152 e. The van der Waals surface area contributed by atoms with Crippen LogP contribution >= 0.6 is 0 Å². The van der Waals surface area contributed by atoms with Gasteiger partial charge in [-0.25, -0.2) is 4.98 Å². The van der Waals surface area contributed by atoms with Crippen molar-refractivity contribution in [2.45, 2.75) is 6.42 Å². The van der Waals surface area contributed by atoms with E-state index in [0.717, 1.165) is 11.3 Å². The molecule has 1 aromatic carbocycles. The Morgan fingerprint density at radius 3 is 2.67 bits per heavy atom. The van der Waals surface area contributed by atoms with Crippen molar-refractivity contribution in [1.82, 2.24) is 15.2 Å². The summed E-state index contributed by atoms with van der Waals surface area (Å²) in [6.45, 7) is 0.542. The van der Waals surface area contributed by atoms with E-state index >= 15 is 0 Å². The molecule has 0 unspecified atom stereocenters. The van der Waals surface area contributed by atoms with Crippen LogP contribution in [0.4, 0.5) is 0 Å². The van der Waals surface area contributed by atoms with Gasteiger partial charge in [0.15, 0.2) is 5.82 Å². The lowest BCUT2D eigenvalue weighted by Crippen LogP contribution is -2.07. The summed E-state index contributed by atoms with van der Waals surface area (Å²) < 4.78 is 0. The Balaban J connectivity index is 2.33. The molecular weight excluding hydrogens is 188 g/mol. The molecule has 0 radical (unpaired) electrons. The van der Waals surface area contributed by atoms with Gasteiger partial charge < -0.3 is 5.73 Å². The summed E-state index contributed by atoms with van der Waals surface area (Å²) >= 11 is 0. The molecule has 0 atom stereocenters. The standard InChI is InChI=1S/C11H12N4/c12-7-6-11-14-10(8-13-15-11)9-4-2-1-3-5-9/h1-5,8H,6-7,12H2. The Kier molecular flexibility index (Phi) is 2.99. The van der Waals surface area contributed by atoms with Crippen LogP contribution in [0.2, 0.25) is 0 Å². The fourth-order valence-corrected chi connectivity index (χ4v) is 1.32. The van der Waals surface area contributed by atoms with E-state index in [1.165, 1.54) is 0 Å². The molecule has 1 aromatic heterocycles. The molecule has 76 valence electrons. The third kappa shape index (κ3) is 2.35. The first-order valence-electron chi connectivity index (χ1n) is 4.84. The van der Waals surface area contributed by atoms with Gasteiger partial charge in [-0.2, -0.15) is 5.10 Å². The minimum absolute atomic E-state index is 0.542. The second kappa shape index (κ2) is 4.61. The molecule has 0 amide bonds. The van der Waals surface area contributed by atoms with Crippen LogP contribution < -0.4 is 5.73 Å². The summed E-state index contributed by atoms with van der Waals surface area (Å²) in [6.07, 6.45) is 2.32. The molecule has 4 nitrogen and oxygen atoms in total. The number of nitrogens with two attached hydrogens (primary N) is 1. The maximum atomic E-state index is 5.44. The Hall–Kier alpha value is -1.81. The number of nitrogens with zero attached hydrogens (tertiary/aromatic N) is 3. The van der Waals surface area contributed by atoms with Gasteiger partial charge in [0, 0.05) is 12.0 Å². The number of benzene rings is 1. The highest BCUT2D eigenvalue weighted by molar-refractivity contribution is 5.57. The van der Waals surface area contributed by atoms with Crippen molar-refractivity contribution >= 4 is 0 Å². The second-order valence-electron chi connectivity index (χ2n) is 3.16. The first-order chi connectivity index (χ1) is 7.40. The summed E-state index contributed by atoms with van der Waals surface area (Å²) in [5, 5.41) is 7.83. The zero-order valence-corrected chi connectivity index (χ0v) is 8.30. The summed E-state index contributed by atoms with van der Waals surface area (Å²) in [6, 6.07) is 9.91. The zero-order chi connectivity index (χ0) is 10.5. The van der Waals surface area contributed by atoms with Crippen LogP contribution in [0.15, 0.2) is 36.5 Å². The van der Waals surface area contributed by atoms with Crippen molar-refractivity contribution < 1.29 is 0 Å². The highest BCUT2D eigenvalue weighted by atomic mass is 15.1. The molecule has 0 aliphatic heterocycles. The lowest BCUT2D eigenvalue weighted by Gasteiger charge is -2.01. The van der Waals surface area contributed by atoms with E-state index in [2.05, 4.69) is 15.2 Å². The van der Waals surface area contributed by atoms with Crippen LogP contribution in [0.5, 0.6) is 0 Å². The average Bonchev–Trinajstić information content (AvgIpc) is 2.31. The zero-order valence-electron chi connectivity index (χ0n) is 8.30. The van der Waals surface area contributed by atoms with Crippen LogP contribution in [0.1, 0.15) is 5.82 Å². The number of hydrogen-bond acceptors (Lipinski definition) is 4. The van der Waals surface area contributed by atoms with Crippen molar-refractivity contribution in [3.05, 3.63) is 42.4 Å². The molecule has 0 spiro atoms. The Labute approximate surface area is 88.2 Å². The van der Waals surface area contributed by atoms with Gasteiger partial charge in [0.1, 0.15) is 0 Å². The van der Waals surface area contributed by atoms with Crippen LogP contribution in [0.25, 0.3) is 11.3 Å². The van der Waals surface area contributed by atoms with Gasteiger partial charge in [0.25, 0.3) is 0 Å². The van der Waals surface area contributed by atoms with Gasteiger partial charge >= 0.3 is 0 Å². The third-order valence-electron chi connectivity index (χ3n) is 2.04. The fraction of sp³-hybridized carbons (Fsp3) is 0.182. The van der Waals surface area contributed by atoms with Crippen LogP contribution in [-0.4, -0.2) is 21.7 Å². The summed E-state index contributed by atoms with van der Waals surface area (Å²) in [4.78, 5) is 4.38. The van der Waals surface area contributed by atoms with Crippen molar-refractivity contribution in [2.24, 2.45) is 5.73 Å². The molecule has 0 bridgehead atoms. The fourth-order valence-electron chi connectivity index (χ4n) is 1.32. The highest BCUT2D eigenvalue weighted by Gasteiger charge is 2.01. The molecule has 4 heteroatoms. The molecule has 1 heterocycles. The first kappa shape index (κ1) is 9.73. The largest absolute Gasteiger partial charge is 0.330 e. The van der Waals surface area contributed by atoms with Crippen molar-refractivity contribution in [3.63, 3.8) is 0 Å². The van der Waals surface area contributed by atoms with Crippen LogP contribution in [-0.2, 0) is 6.42 Å². The quantitative estimate of drug-likeness (QED) is 0.804. The van der Waals surface area contributed by atoms with E-state index in [1.807, 2.05) is 30.3 Å². The normalized spacial score (nSPS) is 10.2. The molecule has 2 N–H and O–H groups in total. The monoisotopic (exact) mass is 200 g/mol. The Morgan fingerprint density at radius 2 is 1.93 bits per heavy atom. The molecule has 0 aliphatic carbocycles.